The SMILES string of the molecule is Cc1csc(CN2CCC(C(C)N)CC2)n1.Cl. The van der Waals surface area contributed by atoms with Crippen molar-refractivity contribution in [3.05, 3.63) is 16.1 Å². The Hall–Kier alpha value is -0.160. The van der Waals surface area contributed by atoms with Crippen LogP contribution in [0.1, 0.15) is 30.5 Å². The number of likely N-dealkylation sites (tertiary alicyclic amines) is 1. The summed E-state index contributed by atoms with van der Waals surface area (Å²) in [6.45, 7) is 7.55. The van der Waals surface area contributed by atoms with Crippen LogP contribution in [0.5, 0.6) is 0 Å². The molecule has 2 heterocycles. The molecule has 1 aromatic heterocycles. The molecular formula is C12H22ClN3S. The second kappa shape index (κ2) is 6.69. The van der Waals surface area contributed by atoms with Gasteiger partial charge in [-0.25, -0.2) is 4.98 Å². The van der Waals surface area contributed by atoms with Crippen LogP contribution in [0.4, 0.5) is 0 Å². The highest BCUT2D eigenvalue weighted by Gasteiger charge is 2.22. The molecule has 0 spiro atoms. The van der Waals surface area contributed by atoms with Gasteiger partial charge in [0.05, 0.1) is 6.54 Å². The Morgan fingerprint density at radius 1 is 1.53 bits per heavy atom. The van der Waals surface area contributed by atoms with Crippen LogP contribution in [0.2, 0.25) is 0 Å². The third-order valence-corrected chi connectivity index (χ3v) is 4.35. The van der Waals surface area contributed by atoms with E-state index in [1.54, 1.807) is 11.3 Å². The second-order valence-electron chi connectivity index (χ2n) is 4.86. The molecule has 98 valence electrons. The Kier molecular flexibility index (Phi) is 5.86. The summed E-state index contributed by atoms with van der Waals surface area (Å²) in [5, 5.41) is 3.38. The highest BCUT2D eigenvalue weighted by molar-refractivity contribution is 7.09. The maximum Gasteiger partial charge on any atom is 0.107 e. The first-order valence-corrected chi connectivity index (χ1v) is 6.92. The molecular weight excluding hydrogens is 254 g/mol. The molecule has 1 atom stereocenters. The summed E-state index contributed by atoms with van der Waals surface area (Å²) in [6.07, 6.45) is 2.48. The number of nitrogens with two attached hydrogens (primary N) is 1. The molecule has 2 N–H and O–H groups in total. The average molecular weight is 276 g/mol. The van der Waals surface area contributed by atoms with Gasteiger partial charge in [-0.1, -0.05) is 0 Å². The van der Waals surface area contributed by atoms with E-state index in [1.165, 1.54) is 30.9 Å². The normalized spacial score (nSPS) is 19.9. The number of thiazole rings is 1. The zero-order chi connectivity index (χ0) is 11.5. The van der Waals surface area contributed by atoms with Crippen molar-refractivity contribution in [3.8, 4) is 0 Å². The number of nitrogens with zero attached hydrogens (tertiary/aromatic N) is 2. The van der Waals surface area contributed by atoms with E-state index in [-0.39, 0.29) is 12.4 Å². The number of aromatic nitrogens is 1. The number of halogens is 1. The molecule has 1 aliphatic rings. The predicted octanol–water partition coefficient (Wildman–Crippen LogP) is 2.43. The molecule has 0 radical (unpaired) electrons. The molecule has 1 aromatic rings. The standard InChI is InChI=1S/C12H21N3S.ClH/c1-9-8-16-12(14-9)7-15-5-3-11(4-6-15)10(2)13;/h8,10-11H,3-7,13H2,1-2H3;1H. The smallest absolute Gasteiger partial charge is 0.107 e. The van der Waals surface area contributed by atoms with Gasteiger partial charge in [-0.2, -0.15) is 0 Å². The largest absolute Gasteiger partial charge is 0.328 e. The quantitative estimate of drug-likeness (QED) is 0.921. The van der Waals surface area contributed by atoms with Gasteiger partial charge in [0.25, 0.3) is 0 Å². The number of hydrogen-bond acceptors (Lipinski definition) is 4. The Bertz CT molecular complexity index is 332. The van der Waals surface area contributed by atoms with E-state index >= 15 is 0 Å². The van der Waals surface area contributed by atoms with Crippen molar-refractivity contribution >= 4 is 23.7 Å². The van der Waals surface area contributed by atoms with Crippen LogP contribution in [0, 0.1) is 12.8 Å². The van der Waals surface area contributed by atoms with Gasteiger partial charge in [0.1, 0.15) is 5.01 Å². The third-order valence-electron chi connectivity index (χ3n) is 3.40. The summed E-state index contributed by atoms with van der Waals surface area (Å²) in [4.78, 5) is 7.01. The van der Waals surface area contributed by atoms with E-state index in [0.29, 0.717) is 12.0 Å². The Morgan fingerprint density at radius 2 is 2.18 bits per heavy atom. The minimum atomic E-state index is 0. The molecule has 17 heavy (non-hydrogen) atoms. The van der Waals surface area contributed by atoms with Crippen LogP contribution in [0.3, 0.4) is 0 Å². The number of hydrogen-bond donors (Lipinski definition) is 1. The van der Waals surface area contributed by atoms with E-state index in [2.05, 4.69) is 29.1 Å². The molecule has 1 fully saturated rings. The van der Waals surface area contributed by atoms with Crippen molar-refractivity contribution in [2.45, 2.75) is 39.3 Å². The van der Waals surface area contributed by atoms with Crippen molar-refractivity contribution in [3.63, 3.8) is 0 Å². The fourth-order valence-electron chi connectivity index (χ4n) is 2.30. The highest BCUT2D eigenvalue weighted by Crippen LogP contribution is 2.21. The van der Waals surface area contributed by atoms with Crippen LogP contribution in [-0.4, -0.2) is 29.0 Å². The lowest BCUT2D eigenvalue weighted by molar-refractivity contribution is 0.165. The van der Waals surface area contributed by atoms with Crippen molar-refractivity contribution in [2.75, 3.05) is 13.1 Å². The predicted molar refractivity (Wildman–Crippen MR) is 75.7 cm³/mol. The summed E-state index contributed by atoms with van der Waals surface area (Å²) in [6, 6.07) is 0.351. The summed E-state index contributed by atoms with van der Waals surface area (Å²) in [5.74, 6) is 0.717. The fraction of sp³-hybridized carbons (Fsp3) is 0.750. The van der Waals surface area contributed by atoms with Gasteiger partial charge >= 0.3 is 0 Å². The van der Waals surface area contributed by atoms with Gasteiger partial charge < -0.3 is 5.73 Å². The van der Waals surface area contributed by atoms with E-state index < -0.39 is 0 Å². The van der Waals surface area contributed by atoms with Crippen molar-refractivity contribution in [1.29, 1.82) is 0 Å². The van der Waals surface area contributed by atoms with Crippen molar-refractivity contribution < 1.29 is 0 Å². The van der Waals surface area contributed by atoms with Crippen LogP contribution in [0.15, 0.2) is 5.38 Å². The van der Waals surface area contributed by atoms with Gasteiger partial charge in [0, 0.05) is 17.1 Å². The first-order chi connectivity index (χ1) is 7.65. The molecule has 0 saturated carbocycles. The summed E-state index contributed by atoms with van der Waals surface area (Å²) < 4.78 is 0. The lowest BCUT2D eigenvalue weighted by Crippen LogP contribution is -2.39. The minimum Gasteiger partial charge on any atom is -0.328 e. The van der Waals surface area contributed by atoms with E-state index in [1.807, 2.05) is 0 Å². The molecule has 0 aliphatic carbocycles. The van der Waals surface area contributed by atoms with Crippen LogP contribution in [0.25, 0.3) is 0 Å². The second-order valence-corrected chi connectivity index (χ2v) is 5.80. The van der Waals surface area contributed by atoms with Crippen molar-refractivity contribution in [2.24, 2.45) is 11.7 Å². The number of rotatable bonds is 3. The van der Waals surface area contributed by atoms with Crippen molar-refractivity contribution in [1.82, 2.24) is 9.88 Å². The molecule has 1 unspecified atom stereocenters. The topological polar surface area (TPSA) is 42.1 Å². The minimum absolute atomic E-state index is 0. The number of aryl methyl sites for hydroxylation is 1. The molecule has 1 aliphatic heterocycles. The first-order valence-electron chi connectivity index (χ1n) is 6.04. The average Bonchev–Trinajstić information content (AvgIpc) is 2.65. The first kappa shape index (κ1) is 14.9. The molecule has 0 amide bonds. The van der Waals surface area contributed by atoms with Crippen LogP contribution in [-0.2, 0) is 6.54 Å². The molecule has 3 nitrogen and oxygen atoms in total. The zero-order valence-corrected chi connectivity index (χ0v) is 12.2. The van der Waals surface area contributed by atoms with E-state index in [9.17, 15) is 0 Å². The van der Waals surface area contributed by atoms with Crippen LogP contribution >= 0.6 is 23.7 Å². The maximum atomic E-state index is 5.94. The molecule has 0 bridgehead atoms. The zero-order valence-electron chi connectivity index (χ0n) is 10.6. The maximum absolute atomic E-state index is 5.94. The fourth-order valence-corrected chi connectivity index (χ4v) is 3.12. The molecule has 0 aromatic carbocycles. The van der Waals surface area contributed by atoms with Gasteiger partial charge in [0.2, 0.25) is 0 Å². The summed E-state index contributed by atoms with van der Waals surface area (Å²) in [5.41, 5.74) is 7.08. The van der Waals surface area contributed by atoms with Gasteiger partial charge in [-0.05, 0) is 45.7 Å². The Morgan fingerprint density at radius 3 is 2.65 bits per heavy atom. The lowest BCUT2D eigenvalue weighted by atomic mass is 9.91. The number of piperidine rings is 1. The summed E-state index contributed by atoms with van der Waals surface area (Å²) in [7, 11) is 0. The third kappa shape index (κ3) is 4.21. The lowest BCUT2D eigenvalue weighted by Gasteiger charge is -2.33. The van der Waals surface area contributed by atoms with Gasteiger partial charge in [-0.3, -0.25) is 4.90 Å². The molecule has 2 rings (SSSR count). The van der Waals surface area contributed by atoms with E-state index in [4.69, 9.17) is 5.73 Å². The van der Waals surface area contributed by atoms with Gasteiger partial charge in [0.15, 0.2) is 0 Å². The Balaban J connectivity index is 0.00000144. The van der Waals surface area contributed by atoms with Gasteiger partial charge in [-0.15, -0.1) is 23.7 Å². The van der Waals surface area contributed by atoms with E-state index in [0.717, 1.165) is 12.2 Å². The van der Waals surface area contributed by atoms with Crippen LogP contribution < -0.4 is 5.73 Å². The molecule has 5 heteroatoms. The highest BCUT2D eigenvalue weighted by atomic mass is 35.5. The summed E-state index contributed by atoms with van der Waals surface area (Å²) >= 11 is 1.77. The monoisotopic (exact) mass is 275 g/mol. The molecule has 1 saturated heterocycles. The Labute approximate surface area is 114 Å².